The summed E-state index contributed by atoms with van der Waals surface area (Å²) in [5, 5.41) is 0. The van der Waals surface area contributed by atoms with Crippen LogP contribution in [0.4, 0.5) is 0 Å². The maximum absolute atomic E-state index is 4.64. The topological polar surface area (TPSA) is 25.8 Å². The van der Waals surface area contributed by atoms with Gasteiger partial charge in [-0.1, -0.05) is 48.5 Å². The Labute approximate surface area is 107 Å². The van der Waals surface area contributed by atoms with E-state index in [9.17, 15) is 0 Å². The summed E-state index contributed by atoms with van der Waals surface area (Å²) in [6, 6.07) is 0. The van der Waals surface area contributed by atoms with E-state index in [0.29, 0.717) is 5.92 Å². The van der Waals surface area contributed by atoms with Crippen molar-refractivity contribution in [2.75, 3.05) is 0 Å². The molecule has 0 aliphatic carbocycles. The highest BCUT2D eigenvalue weighted by atomic mass is 14.8. The number of aromatic nitrogens is 2. The predicted octanol–water partition coefficient (Wildman–Crippen LogP) is 4.29. The van der Waals surface area contributed by atoms with E-state index in [0.717, 1.165) is 24.2 Å². The Morgan fingerprint density at radius 3 is 2.06 bits per heavy atom. The van der Waals surface area contributed by atoms with E-state index >= 15 is 0 Å². The number of rotatable bonds is 3. The van der Waals surface area contributed by atoms with E-state index in [1.807, 2.05) is 26.2 Å². The van der Waals surface area contributed by atoms with Crippen molar-refractivity contribution in [2.45, 2.75) is 61.3 Å². The lowest BCUT2D eigenvalue weighted by atomic mass is 9.91. The minimum Gasteiger partial charge on any atom is -0.261 e. The van der Waals surface area contributed by atoms with Crippen LogP contribution in [0.1, 0.15) is 59.9 Å². The van der Waals surface area contributed by atoms with Crippen LogP contribution in [0.5, 0.6) is 0 Å². The molecule has 1 heterocycles. The Morgan fingerprint density at radius 1 is 1.06 bits per heavy atom. The Morgan fingerprint density at radius 2 is 1.59 bits per heavy atom. The van der Waals surface area contributed by atoms with Gasteiger partial charge in [0.15, 0.2) is 0 Å². The standard InChI is InChI=1S/C13H22N2.C2H6/c1-10(2)6-11-8-14-9-12(15-11)7-13(3,4)5;1-2/h8-10H,6-7H2,1-5H3;1-2H3. The van der Waals surface area contributed by atoms with Crippen LogP contribution in [0.15, 0.2) is 12.4 Å². The highest BCUT2D eigenvalue weighted by Crippen LogP contribution is 2.19. The van der Waals surface area contributed by atoms with Crippen LogP contribution in [-0.4, -0.2) is 9.97 Å². The first-order valence-electron chi connectivity index (χ1n) is 6.66. The molecule has 17 heavy (non-hydrogen) atoms. The molecule has 0 saturated carbocycles. The summed E-state index contributed by atoms with van der Waals surface area (Å²) in [5.41, 5.74) is 2.51. The fraction of sp³-hybridized carbons (Fsp3) is 0.733. The van der Waals surface area contributed by atoms with Gasteiger partial charge in [0.25, 0.3) is 0 Å². The first kappa shape index (κ1) is 16.1. The highest BCUT2D eigenvalue weighted by Gasteiger charge is 2.12. The molecule has 0 aliphatic rings. The summed E-state index contributed by atoms with van der Waals surface area (Å²) in [5.74, 6) is 0.643. The average molecular weight is 236 g/mol. The van der Waals surface area contributed by atoms with Crippen molar-refractivity contribution in [3.8, 4) is 0 Å². The van der Waals surface area contributed by atoms with Gasteiger partial charge in [-0.3, -0.25) is 9.97 Å². The van der Waals surface area contributed by atoms with Crippen molar-refractivity contribution in [2.24, 2.45) is 11.3 Å². The normalized spacial score (nSPS) is 11.1. The van der Waals surface area contributed by atoms with E-state index in [-0.39, 0.29) is 5.41 Å². The number of hydrogen-bond acceptors (Lipinski definition) is 2. The molecule has 0 aliphatic heterocycles. The molecule has 0 aromatic carbocycles. The quantitative estimate of drug-likeness (QED) is 0.782. The largest absolute Gasteiger partial charge is 0.261 e. The zero-order valence-electron chi connectivity index (χ0n) is 12.5. The first-order valence-corrected chi connectivity index (χ1v) is 6.66. The molecular weight excluding hydrogens is 208 g/mol. The van der Waals surface area contributed by atoms with Gasteiger partial charge in [0, 0.05) is 12.4 Å². The van der Waals surface area contributed by atoms with Crippen molar-refractivity contribution in [1.29, 1.82) is 0 Å². The smallest absolute Gasteiger partial charge is 0.0595 e. The maximum atomic E-state index is 4.64. The van der Waals surface area contributed by atoms with E-state index in [4.69, 9.17) is 0 Å². The molecule has 2 heteroatoms. The molecule has 2 nitrogen and oxygen atoms in total. The van der Waals surface area contributed by atoms with Crippen LogP contribution in [-0.2, 0) is 12.8 Å². The number of hydrogen-bond donors (Lipinski definition) is 0. The molecule has 0 bridgehead atoms. The van der Waals surface area contributed by atoms with Gasteiger partial charge in [0.05, 0.1) is 11.4 Å². The predicted molar refractivity (Wildman–Crippen MR) is 75.1 cm³/mol. The molecule has 0 radical (unpaired) electrons. The minimum absolute atomic E-state index is 0.283. The lowest BCUT2D eigenvalue weighted by molar-refractivity contribution is 0.405. The van der Waals surface area contributed by atoms with Crippen molar-refractivity contribution in [3.63, 3.8) is 0 Å². The van der Waals surface area contributed by atoms with E-state index in [1.165, 1.54) is 0 Å². The summed E-state index contributed by atoms with van der Waals surface area (Å²) >= 11 is 0. The summed E-state index contributed by atoms with van der Waals surface area (Å²) in [6.07, 6.45) is 5.78. The Kier molecular flexibility index (Phi) is 7.01. The van der Waals surface area contributed by atoms with Crippen LogP contribution >= 0.6 is 0 Å². The summed E-state index contributed by atoms with van der Waals surface area (Å²) < 4.78 is 0. The molecule has 0 atom stereocenters. The second-order valence-corrected chi connectivity index (χ2v) is 5.84. The van der Waals surface area contributed by atoms with Crippen molar-refractivity contribution < 1.29 is 0 Å². The monoisotopic (exact) mass is 236 g/mol. The molecule has 0 unspecified atom stereocenters. The lowest BCUT2D eigenvalue weighted by Gasteiger charge is -2.17. The second kappa shape index (κ2) is 7.41. The van der Waals surface area contributed by atoms with Crippen LogP contribution in [0.3, 0.4) is 0 Å². The molecular formula is C15H28N2. The third-order valence-electron chi connectivity index (χ3n) is 2.06. The fourth-order valence-corrected chi connectivity index (χ4v) is 1.60. The van der Waals surface area contributed by atoms with Crippen molar-refractivity contribution in [1.82, 2.24) is 9.97 Å². The molecule has 1 aromatic heterocycles. The van der Waals surface area contributed by atoms with Crippen LogP contribution in [0.25, 0.3) is 0 Å². The third kappa shape index (κ3) is 7.89. The van der Waals surface area contributed by atoms with Crippen molar-refractivity contribution in [3.05, 3.63) is 23.8 Å². The molecule has 0 fully saturated rings. The van der Waals surface area contributed by atoms with Gasteiger partial charge in [0.2, 0.25) is 0 Å². The lowest BCUT2D eigenvalue weighted by Crippen LogP contribution is -2.12. The van der Waals surface area contributed by atoms with Crippen LogP contribution in [0.2, 0.25) is 0 Å². The Bertz CT molecular complexity index is 311. The minimum atomic E-state index is 0.283. The van der Waals surface area contributed by atoms with Gasteiger partial charge in [-0.2, -0.15) is 0 Å². The van der Waals surface area contributed by atoms with Gasteiger partial charge < -0.3 is 0 Å². The van der Waals surface area contributed by atoms with Gasteiger partial charge in [-0.25, -0.2) is 0 Å². The van der Waals surface area contributed by atoms with E-state index in [1.54, 1.807) is 0 Å². The molecule has 0 amide bonds. The summed E-state index contributed by atoms with van der Waals surface area (Å²) in [7, 11) is 0. The molecule has 1 rings (SSSR count). The molecule has 0 spiro atoms. The highest BCUT2D eigenvalue weighted by molar-refractivity contribution is 5.05. The zero-order chi connectivity index (χ0) is 13.5. The van der Waals surface area contributed by atoms with Gasteiger partial charge in [-0.15, -0.1) is 0 Å². The third-order valence-corrected chi connectivity index (χ3v) is 2.06. The van der Waals surface area contributed by atoms with Crippen LogP contribution in [0, 0.1) is 11.3 Å². The zero-order valence-corrected chi connectivity index (χ0v) is 12.5. The second-order valence-electron chi connectivity index (χ2n) is 5.84. The summed E-state index contributed by atoms with van der Waals surface area (Å²) in [6.45, 7) is 15.1. The van der Waals surface area contributed by atoms with E-state index < -0.39 is 0 Å². The van der Waals surface area contributed by atoms with Crippen molar-refractivity contribution >= 4 is 0 Å². The Hall–Kier alpha value is -0.920. The summed E-state index contributed by atoms with van der Waals surface area (Å²) in [4.78, 5) is 8.90. The van der Waals surface area contributed by atoms with E-state index in [2.05, 4.69) is 44.6 Å². The van der Waals surface area contributed by atoms with Gasteiger partial charge >= 0.3 is 0 Å². The fourth-order valence-electron chi connectivity index (χ4n) is 1.60. The molecule has 0 saturated heterocycles. The molecule has 98 valence electrons. The average Bonchev–Trinajstić information content (AvgIpc) is 2.17. The van der Waals surface area contributed by atoms with Crippen LogP contribution < -0.4 is 0 Å². The Balaban J connectivity index is 0.00000121. The van der Waals surface area contributed by atoms with Gasteiger partial charge in [0.1, 0.15) is 0 Å². The molecule has 0 N–H and O–H groups in total. The van der Waals surface area contributed by atoms with Gasteiger partial charge in [-0.05, 0) is 24.2 Å². The molecule has 1 aromatic rings. The maximum Gasteiger partial charge on any atom is 0.0595 e. The number of nitrogens with zero attached hydrogens (tertiary/aromatic N) is 2. The first-order chi connectivity index (χ1) is 7.87. The SMILES string of the molecule is CC.CC(C)Cc1cncc(CC(C)(C)C)n1.